The smallest absolute Gasteiger partial charge is 0.0542 e. The van der Waals surface area contributed by atoms with E-state index in [1.807, 2.05) is 22.7 Å². The predicted molar refractivity (Wildman–Crippen MR) is 143 cm³/mol. The van der Waals surface area contributed by atoms with Crippen molar-refractivity contribution in [2.45, 2.75) is 0 Å². The predicted octanol–water partition coefficient (Wildman–Crippen LogP) is 9.76. The average Bonchev–Trinajstić information content (AvgIpc) is 3.39. The largest absolute Gasteiger partial charge is 0.134 e. The van der Waals surface area contributed by atoms with E-state index in [4.69, 9.17) is 0 Å². The summed E-state index contributed by atoms with van der Waals surface area (Å²) in [5, 5.41) is 5.32. The molecule has 0 saturated heterocycles. The fourth-order valence-corrected chi connectivity index (χ4v) is 7.28. The van der Waals surface area contributed by atoms with Crippen LogP contribution in [0, 0.1) is 0 Å². The van der Waals surface area contributed by atoms with Gasteiger partial charge in [-0.25, -0.2) is 0 Å². The van der Waals surface area contributed by atoms with Crippen molar-refractivity contribution < 1.29 is 0 Å². The second-order valence-electron chi connectivity index (χ2n) is 8.21. The lowest BCUT2D eigenvalue weighted by Crippen LogP contribution is -1.78. The Kier molecular flexibility index (Phi) is 3.98. The fourth-order valence-electron chi connectivity index (χ4n) is 4.62. The van der Waals surface area contributed by atoms with Crippen LogP contribution in [0.2, 0.25) is 0 Å². The van der Waals surface area contributed by atoms with Gasteiger partial charge in [0, 0.05) is 20.2 Å². The van der Waals surface area contributed by atoms with Gasteiger partial charge < -0.3 is 0 Å². The van der Waals surface area contributed by atoms with E-state index < -0.39 is 0 Å². The third kappa shape index (κ3) is 2.81. The van der Waals surface area contributed by atoms with Gasteiger partial charge in [0.2, 0.25) is 0 Å². The molecule has 0 aliphatic heterocycles. The Morgan fingerprint density at radius 3 is 1.94 bits per heavy atom. The first kappa shape index (κ1) is 18.1. The molecule has 0 bridgehead atoms. The van der Waals surface area contributed by atoms with Crippen LogP contribution in [-0.4, -0.2) is 0 Å². The first-order chi connectivity index (χ1) is 15.8. The summed E-state index contributed by atoms with van der Waals surface area (Å²) in [6, 6.07) is 39.8. The van der Waals surface area contributed by atoms with Gasteiger partial charge in [-0.15, -0.1) is 22.7 Å². The quantitative estimate of drug-likeness (QED) is 0.250. The normalized spacial score (nSPS) is 11.8. The van der Waals surface area contributed by atoms with Gasteiger partial charge in [0.05, 0.1) is 9.40 Å². The zero-order valence-electron chi connectivity index (χ0n) is 17.2. The van der Waals surface area contributed by atoms with Crippen molar-refractivity contribution in [2.24, 2.45) is 0 Å². The van der Waals surface area contributed by atoms with E-state index in [0.717, 1.165) is 0 Å². The Labute approximate surface area is 194 Å². The Bertz CT molecular complexity index is 1770. The molecule has 0 amide bonds. The minimum atomic E-state index is 1.27. The maximum Gasteiger partial charge on any atom is 0.0542 e. The Morgan fingerprint density at radius 2 is 1.03 bits per heavy atom. The maximum absolute atomic E-state index is 2.36. The molecule has 2 heteroatoms. The van der Waals surface area contributed by atoms with Gasteiger partial charge in [-0.05, 0) is 57.3 Å². The summed E-state index contributed by atoms with van der Waals surface area (Å²) in [5.74, 6) is 0. The summed E-state index contributed by atoms with van der Waals surface area (Å²) in [5.41, 5.74) is 5.12. The van der Waals surface area contributed by atoms with Gasteiger partial charge in [0.1, 0.15) is 0 Å². The van der Waals surface area contributed by atoms with Gasteiger partial charge in [0.15, 0.2) is 0 Å². The number of fused-ring (bicyclic) bond motifs is 6. The van der Waals surface area contributed by atoms with E-state index in [1.165, 1.54) is 62.6 Å². The first-order valence-electron chi connectivity index (χ1n) is 10.8. The topological polar surface area (TPSA) is 0 Å². The SMILES string of the molecule is c1ccc(-c2ccc3sc4c5ccc(-c6ccc7ccccc7c6)cc5sc4c3c2)cc1. The minimum absolute atomic E-state index is 1.27. The Balaban J connectivity index is 1.40. The van der Waals surface area contributed by atoms with E-state index in [2.05, 4.69) is 109 Å². The van der Waals surface area contributed by atoms with Crippen molar-refractivity contribution in [1.82, 2.24) is 0 Å². The van der Waals surface area contributed by atoms with Crippen molar-refractivity contribution in [3.63, 3.8) is 0 Å². The number of hydrogen-bond acceptors (Lipinski definition) is 2. The molecule has 2 aromatic heterocycles. The molecule has 0 radical (unpaired) electrons. The molecule has 32 heavy (non-hydrogen) atoms. The Morgan fingerprint density at radius 1 is 0.375 bits per heavy atom. The monoisotopic (exact) mass is 442 g/mol. The van der Waals surface area contributed by atoms with Crippen LogP contribution >= 0.6 is 22.7 Å². The third-order valence-corrected chi connectivity index (χ3v) is 8.79. The number of rotatable bonds is 2. The van der Waals surface area contributed by atoms with E-state index in [-0.39, 0.29) is 0 Å². The van der Waals surface area contributed by atoms with Crippen LogP contribution in [-0.2, 0) is 0 Å². The van der Waals surface area contributed by atoms with Gasteiger partial charge >= 0.3 is 0 Å². The first-order valence-corrected chi connectivity index (χ1v) is 12.4. The molecule has 5 aromatic carbocycles. The number of benzene rings is 5. The maximum atomic E-state index is 2.36. The lowest BCUT2D eigenvalue weighted by Gasteiger charge is -2.04. The number of thiophene rings is 2. The highest BCUT2D eigenvalue weighted by Crippen LogP contribution is 2.46. The van der Waals surface area contributed by atoms with Crippen molar-refractivity contribution in [3.05, 3.63) is 109 Å². The molecule has 7 aromatic rings. The van der Waals surface area contributed by atoms with Gasteiger partial charge in [-0.2, -0.15) is 0 Å². The molecule has 0 aliphatic rings. The van der Waals surface area contributed by atoms with E-state index >= 15 is 0 Å². The molecule has 0 N–H and O–H groups in total. The zero-order valence-corrected chi connectivity index (χ0v) is 18.8. The number of hydrogen-bond donors (Lipinski definition) is 0. The summed E-state index contributed by atoms with van der Waals surface area (Å²) < 4.78 is 5.55. The summed E-state index contributed by atoms with van der Waals surface area (Å²) >= 11 is 3.84. The molecule has 0 unspecified atom stereocenters. The van der Waals surface area contributed by atoms with Crippen LogP contribution in [0.1, 0.15) is 0 Å². The van der Waals surface area contributed by atoms with Gasteiger partial charge in [0.25, 0.3) is 0 Å². The van der Waals surface area contributed by atoms with Crippen molar-refractivity contribution in [3.8, 4) is 22.3 Å². The second kappa shape index (κ2) is 7.03. The fraction of sp³-hybridized carbons (Fsp3) is 0. The summed E-state index contributed by atoms with van der Waals surface area (Å²) in [6.07, 6.45) is 0. The van der Waals surface area contributed by atoms with E-state index in [0.29, 0.717) is 0 Å². The highest BCUT2D eigenvalue weighted by atomic mass is 32.1. The second-order valence-corrected chi connectivity index (χ2v) is 10.3. The molecule has 0 saturated carbocycles. The van der Waals surface area contributed by atoms with E-state index in [1.54, 1.807) is 0 Å². The summed E-state index contributed by atoms with van der Waals surface area (Å²) in [6.45, 7) is 0. The van der Waals surface area contributed by atoms with Crippen LogP contribution in [0.3, 0.4) is 0 Å². The van der Waals surface area contributed by atoms with Crippen molar-refractivity contribution >= 4 is 63.0 Å². The lowest BCUT2D eigenvalue weighted by atomic mass is 10.0. The highest BCUT2D eigenvalue weighted by Gasteiger charge is 2.14. The lowest BCUT2D eigenvalue weighted by molar-refractivity contribution is 1.66. The van der Waals surface area contributed by atoms with Crippen LogP contribution in [0.4, 0.5) is 0 Å². The molecule has 0 fully saturated rings. The van der Waals surface area contributed by atoms with Gasteiger partial charge in [-0.3, -0.25) is 0 Å². The molecule has 0 spiro atoms. The van der Waals surface area contributed by atoms with Crippen LogP contribution < -0.4 is 0 Å². The Hall–Kier alpha value is -3.46. The third-order valence-electron chi connectivity index (χ3n) is 6.27. The highest BCUT2D eigenvalue weighted by molar-refractivity contribution is 7.36. The zero-order chi connectivity index (χ0) is 21.1. The van der Waals surface area contributed by atoms with E-state index in [9.17, 15) is 0 Å². The molecule has 0 atom stereocenters. The van der Waals surface area contributed by atoms with Crippen LogP contribution in [0.5, 0.6) is 0 Å². The molecule has 0 nitrogen and oxygen atoms in total. The molecule has 150 valence electrons. The van der Waals surface area contributed by atoms with Crippen molar-refractivity contribution in [1.29, 1.82) is 0 Å². The molecular weight excluding hydrogens is 424 g/mol. The standard InChI is InChI=1S/C30H18S2/c1-2-6-19(7-3-1)23-13-15-27-26(17-23)30-29(31-27)25-14-12-24(18-28(25)32-30)22-11-10-20-8-4-5-9-21(20)16-22/h1-18H. The summed E-state index contributed by atoms with van der Waals surface area (Å²) in [7, 11) is 0. The van der Waals surface area contributed by atoms with Crippen LogP contribution in [0.25, 0.3) is 62.6 Å². The van der Waals surface area contributed by atoms with Crippen molar-refractivity contribution in [2.75, 3.05) is 0 Å². The van der Waals surface area contributed by atoms with Gasteiger partial charge in [-0.1, -0.05) is 84.9 Å². The molecule has 7 rings (SSSR count). The molecular formula is C30H18S2. The molecule has 0 aliphatic carbocycles. The average molecular weight is 443 g/mol. The van der Waals surface area contributed by atoms with Crippen LogP contribution in [0.15, 0.2) is 109 Å². The minimum Gasteiger partial charge on any atom is -0.134 e. The molecule has 2 heterocycles. The summed E-state index contributed by atoms with van der Waals surface area (Å²) in [4.78, 5) is 0.